The zero-order chi connectivity index (χ0) is 29.7. The van der Waals surface area contributed by atoms with E-state index in [1.807, 2.05) is 35.4 Å². The third kappa shape index (κ3) is 5.37. The standard InChI is InChI=1S/C28H30Cl2N8O2P2/c1-35-21-9-11-37(41)13-19(21)31-25(35)27(39)33-17-7-3-5-15(23(17)29)16-6-4-8-18(24(16)30)34-28(40)26-32-20-14-38(42)12-10-22(20)36(26)2/h3-8H,9-14,41-42H2,1-2H3,(H,33,39)(H,34,40). The monoisotopic (exact) mass is 642 g/mol. The lowest BCUT2D eigenvalue weighted by atomic mass is 10.0. The largest absolute Gasteiger partial charge is 0.327 e. The van der Waals surface area contributed by atoms with Gasteiger partial charge in [0, 0.05) is 75.6 Å². The molecule has 0 saturated heterocycles. The highest BCUT2D eigenvalue weighted by Gasteiger charge is 2.26. The van der Waals surface area contributed by atoms with E-state index in [9.17, 15) is 9.59 Å². The molecule has 10 nitrogen and oxygen atoms in total. The summed E-state index contributed by atoms with van der Waals surface area (Å²) in [4.78, 5) is 35.7. The summed E-state index contributed by atoms with van der Waals surface area (Å²) in [6.07, 6.45) is 1.63. The first-order chi connectivity index (χ1) is 20.1. The van der Waals surface area contributed by atoms with Crippen LogP contribution in [0.1, 0.15) is 44.0 Å². The van der Waals surface area contributed by atoms with Crippen molar-refractivity contribution in [3.8, 4) is 11.1 Å². The molecule has 2 atom stereocenters. The van der Waals surface area contributed by atoms with Crippen molar-refractivity contribution < 1.29 is 9.59 Å². The number of nitrogens with zero attached hydrogens (tertiary/aromatic N) is 6. The molecule has 2 aromatic heterocycles. The molecule has 0 spiro atoms. The van der Waals surface area contributed by atoms with E-state index in [0.29, 0.717) is 57.3 Å². The maximum Gasteiger partial charge on any atom is 0.291 e. The number of halogens is 2. The average molecular weight is 643 g/mol. The van der Waals surface area contributed by atoms with Crippen molar-refractivity contribution in [2.45, 2.75) is 25.9 Å². The second-order valence-corrected chi connectivity index (χ2v) is 12.7. The smallest absolute Gasteiger partial charge is 0.291 e. The molecule has 0 fully saturated rings. The molecule has 4 aromatic rings. The Labute approximate surface area is 258 Å². The molecule has 0 aliphatic carbocycles. The second-order valence-electron chi connectivity index (χ2n) is 10.5. The van der Waals surface area contributed by atoms with Gasteiger partial charge in [-0.25, -0.2) is 9.97 Å². The number of nitrogens with one attached hydrogen (secondary N) is 2. The van der Waals surface area contributed by atoms with E-state index in [2.05, 4.69) is 48.7 Å². The van der Waals surface area contributed by atoms with Crippen LogP contribution in [0.3, 0.4) is 0 Å². The topological polar surface area (TPSA) is 100 Å². The highest BCUT2D eigenvalue weighted by molar-refractivity contribution is 7.13. The minimum absolute atomic E-state index is 0.324. The van der Waals surface area contributed by atoms with E-state index in [-0.39, 0.29) is 11.8 Å². The van der Waals surface area contributed by atoms with Crippen LogP contribution in [0.25, 0.3) is 11.1 Å². The second kappa shape index (κ2) is 11.7. The molecule has 4 heterocycles. The molecular formula is C28H30Cl2N8O2P2. The molecular weight excluding hydrogens is 613 g/mol. The Morgan fingerprint density at radius 1 is 0.738 bits per heavy atom. The molecule has 0 radical (unpaired) electrons. The van der Waals surface area contributed by atoms with Crippen LogP contribution in [0.2, 0.25) is 10.0 Å². The lowest BCUT2D eigenvalue weighted by Crippen LogP contribution is -2.23. The van der Waals surface area contributed by atoms with E-state index in [4.69, 9.17) is 23.2 Å². The third-order valence-corrected chi connectivity index (χ3v) is 9.46. The fourth-order valence-electron chi connectivity index (χ4n) is 5.53. The van der Waals surface area contributed by atoms with Gasteiger partial charge in [-0.15, -0.1) is 0 Å². The average Bonchev–Trinajstić information content (AvgIpc) is 3.46. The van der Waals surface area contributed by atoms with Crippen molar-refractivity contribution in [1.82, 2.24) is 28.4 Å². The summed E-state index contributed by atoms with van der Waals surface area (Å²) in [5.41, 5.74) is 5.99. The van der Waals surface area contributed by atoms with Gasteiger partial charge in [-0.1, -0.05) is 66.2 Å². The molecule has 0 saturated carbocycles. The van der Waals surface area contributed by atoms with Gasteiger partial charge in [0.25, 0.3) is 11.8 Å². The number of hydrogen-bond donors (Lipinski definition) is 2. The zero-order valence-electron chi connectivity index (χ0n) is 23.1. The highest BCUT2D eigenvalue weighted by Crippen LogP contribution is 2.40. The Kier molecular flexibility index (Phi) is 8.13. The Hall–Kier alpha value is -2.84. The Bertz CT molecular complexity index is 1610. The van der Waals surface area contributed by atoms with Crippen molar-refractivity contribution in [2.75, 3.05) is 23.7 Å². The van der Waals surface area contributed by atoms with E-state index in [0.717, 1.165) is 48.7 Å². The molecule has 42 heavy (non-hydrogen) atoms. The van der Waals surface area contributed by atoms with Gasteiger partial charge in [0.1, 0.15) is 0 Å². The summed E-state index contributed by atoms with van der Waals surface area (Å²) < 4.78 is 7.88. The highest BCUT2D eigenvalue weighted by atomic mass is 35.5. The van der Waals surface area contributed by atoms with Gasteiger partial charge < -0.3 is 19.8 Å². The van der Waals surface area contributed by atoms with Crippen LogP contribution in [0.15, 0.2) is 36.4 Å². The van der Waals surface area contributed by atoms with Crippen LogP contribution in [0.4, 0.5) is 11.4 Å². The van der Waals surface area contributed by atoms with Crippen molar-refractivity contribution in [1.29, 1.82) is 0 Å². The molecule has 2 N–H and O–H groups in total. The number of hydrogen-bond acceptors (Lipinski definition) is 6. The Balaban J connectivity index is 1.25. The number of carbonyl (C=O) groups excluding carboxylic acids is 2. The van der Waals surface area contributed by atoms with Gasteiger partial charge in [0.15, 0.2) is 11.6 Å². The summed E-state index contributed by atoms with van der Waals surface area (Å²) in [6.45, 7) is 3.10. The minimum atomic E-state index is -0.351. The van der Waals surface area contributed by atoms with Gasteiger partial charge in [-0.2, -0.15) is 0 Å². The lowest BCUT2D eigenvalue weighted by molar-refractivity contribution is 0.100. The van der Waals surface area contributed by atoms with Crippen LogP contribution < -0.4 is 10.6 Å². The summed E-state index contributed by atoms with van der Waals surface area (Å²) in [6, 6.07) is 10.7. The first-order valence-electron chi connectivity index (χ1n) is 13.4. The molecule has 218 valence electrons. The van der Waals surface area contributed by atoms with E-state index >= 15 is 0 Å². The number of anilines is 2. The first kappa shape index (κ1) is 29.2. The molecule has 2 aromatic carbocycles. The summed E-state index contributed by atoms with van der Waals surface area (Å²) in [5, 5.41) is 6.48. The number of rotatable bonds is 5. The zero-order valence-corrected chi connectivity index (χ0v) is 26.9. The van der Waals surface area contributed by atoms with Crippen LogP contribution in [0.5, 0.6) is 0 Å². The van der Waals surface area contributed by atoms with Crippen molar-refractivity contribution in [2.24, 2.45) is 14.1 Å². The first-order valence-corrected chi connectivity index (χ1v) is 15.2. The predicted octanol–water partition coefficient (Wildman–Crippen LogP) is 4.93. The minimum Gasteiger partial charge on any atom is -0.327 e. The van der Waals surface area contributed by atoms with Gasteiger partial charge >= 0.3 is 0 Å². The van der Waals surface area contributed by atoms with Crippen LogP contribution in [-0.2, 0) is 40.0 Å². The predicted molar refractivity (Wildman–Crippen MR) is 172 cm³/mol. The van der Waals surface area contributed by atoms with Crippen LogP contribution in [-0.4, -0.2) is 53.3 Å². The molecule has 2 amide bonds. The molecule has 2 aliphatic heterocycles. The van der Waals surface area contributed by atoms with Gasteiger partial charge in [0.05, 0.1) is 32.8 Å². The van der Waals surface area contributed by atoms with Gasteiger partial charge in [-0.3, -0.25) is 18.9 Å². The summed E-state index contributed by atoms with van der Waals surface area (Å²) in [5.74, 6) is -0.0522. The number of aromatic nitrogens is 4. The Morgan fingerprint density at radius 3 is 1.55 bits per heavy atom. The number of amides is 2. The maximum atomic E-state index is 13.3. The van der Waals surface area contributed by atoms with E-state index < -0.39 is 0 Å². The summed E-state index contributed by atoms with van der Waals surface area (Å²) in [7, 11) is 9.09. The molecule has 6 rings (SSSR count). The number of fused-ring (bicyclic) bond motifs is 2. The normalized spacial score (nSPS) is 15.3. The molecule has 2 aliphatic rings. The third-order valence-electron chi connectivity index (χ3n) is 7.76. The van der Waals surface area contributed by atoms with Crippen molar-refractivity contribution in [3.05, 3.63) is 80.9 Å². The summed E-state index contributed by atoms with van der Waals surface area (Å²) >= 11 is 13.7. The number of carbonyl (C=O) groups is 2. The van der Waals surface area contributed by atoms with E-state index in [1.54, 1.807) is 24.3 Å². The van der Waals surface area contributed by atoms with Crippen molar-refractivity contribution >= 4 is 65.2 Å². The number of benzene rings is 2. The molecule has 0 bridgehead atoms. The van der Waals surface area contributed by atoms with Crippen LogP contribution >= 0.6 is 42.0 Å². The molecule has 14 heteroatoms. The van der Waals surface area contributed by atoms with Crippen molar-refractivity contribution in [3.63, 3.8) is 0 Å². The van der Waals surface area contributed by atoms with Crippen LogP contribution in [0, 0.1) is 0 Å². The van der Waals surface area contributed by atoms with E-state index in [1.165, 1.54) is 0 Å². The fourth-order valence-corrected chi connectivity index (χ4v) is 6.69. The maximum absolute atomic E-state index is 13.3. The lowest BCUT2D eigenvalue weighted by Gasteiger charge is -2.21. The fraction of sp³-hybridized carbons (Fsp3) is 0.286. The number of imidazole rings is 2. The Morgan fingerprint density at radius 2 is 1.14 bits per heavy atom. The SMILES string of the molecule is Cn1c(C(=O)Nc2cccc(-c3cccc(NC(=O)c4nc5c(n4C)CCN(P)C5)c3Cl)c2Cl)nc2c1CCN(P)C2. The quantitative estimate of drug-likeness (QED) is 0.300. The van der Waals surface area contributed by atoms with Gasteiger partial charge in [-0.05, 0) is 12.1 Å². The molecule has 2 unspecified atom stereocenters. The van der Waals surface area contributed by atoms with Gasteiger partial charge in [0.2, 0.25) is 0 Å².